The number of halogens is 1. The van der Waals surface area contributed by atoms with Gasteiger partial charge in [-0.2, -0.15) is 0 Å². The van der Waals surface area contributed by atoms with Crippen LogP contribution in [0.25, 0.3) is 0 Å². The lowest BCUT2D eigenvalue weighted by Gasteiger charge is -2.34. The molecule has 0 fully saturated rings. The number of carbonyl (C=O) groups excluding carboxylic acids is 1. The highest BCUT2D eigenvalue weighted by molar-refractivity contribution is 9.10. The maximum atomic E-state index is 12.4. The zero-order chi connectivity index (χ0) is 16.4. The minimum absolute atomic E-state index is 0.0215. The summed E-state index contributed by atoms with van der Waals surface area (Å²) in [4.78, 5) is 24.3. The average Bonchev–Trinajstić information content (AvgIpc) is 2.96. The molecule has 0 aliphatic heterocycles. The van der Waals surface area contributed by atoms with E-state index in [2.05, 4.69) is 32.5 Å². The van der Waals surface area contributed by atoms with E-state index in [9.17, 15) is 4.79 Å². The highest BCUT2D eigenvalue weighted by Gasteiger charge is 2.28. The van der Waals surface area contributed by atoms with Gasteiger partial charge >= 0.3 is 0 Å². The summed E-state index contributed by atoms with van der Waals surface area (Å²) in [5.74, 6) is 0.788. The SMILES string of the molecule is C=CC(=O)N(Cc1sccc1Br)C1CCc2nc(C)ncc2C1. The summed E-state index contributed by atoms with van der Waals surface area (Å²) in [7, 11) is 0. The highest BCUT2D eigenvalue weighted by atomic mass is 79.9. The van der Waals surface area contributed by atoms with Gasteiger partial charge in [-0.1, -0.05) is 6.58 Å². The second kappa shape index (κ2) is 6.93. The Hall–Kier alpha value is -1.53. The smallest absolute Gasteiger partial charge is 0.246 e. The second-order valence-corrected chi connectivity index (χ2v) is 7.50. The zero-order valence-electron chi connectivity index (χ0n) is 13.0. The van der Waals surface area contributed by atoms with Crippen LogP contribution in [0.15, 0.2) is 34.8 Å². The fraction of sp³-hybridized carbons (Fsp3) is 0.353. The fourth-order valence-corrected chi connectivity index (χ4v) is 4.43. The van der Waals surface area contributed by atoms with Crippen molar-refractivity contribution in [3.8, 4) is 0 Å². The fourth-order valence-electron chi connectivity index (χ4n) is 2.95. The molecule has 0 aromatic carbocycles. The summed E-state index contributed by atoms with van der Waals surface area (Å²) in [6, 6.07) is 2.18. The van der Waals surface area contributed by atoms with E-state index in [-0.39, 0.29) is 11.9 Å². The van der Waals surface area contributed by atoms with Crippen molar-refractivity contribution in [3.05, 3.63) is 56.7 Å². The summed E-state index contributed by atoms with van der Waals surface area (Å²) >= 11 is 5.21. The minimum Gasteiger partial charge on any atom is -0.331 e. The Morgan fingerprint density at radius 1 is 1.61 bits per heavy atom. The number of thiophene rings is 1. The van der Waals surface area contributed by atoms with Gasteiger partial charge in [0, 0.05) is 27.3 Å². The Balaban J connectivity index is 1.83. The highest BCUT2D eigenvalue weighted by Crippen LogP contribution is 2.28. The van der Waals surface area contributed by atoms with Crippen molar-refractivity contribution < 1.29 is 4.79 Å². The van der Waals surface area contributed by atoms with Gasteiger partial charge in [0.2, 0.25) is 5.91 Å². The molecule has 3 rings (SSSR count). The molecular weight excluding hydrogens is 374 g/mol. The second-order valence-electron chi connectivity index (χ2n) is 5.65. The van der Waals surface area contributed by atoms with E-state index in [1.807, 2.05) is 29.5 Å². The first-order valence-corrected chi connectivity index (χ1v) is 9.22. The van der Waals surface area contributed by atoms with E-state index in [0.29, 0.717) is 6.54 Å². The molecule has 23 heavy (non-hydrogen) atoms. The third-order valence-electron chi connectivity index (χ3n) is 4.15. The number of amides is 1. The van der Waals surface area contributed by atoms with Gasteiger partial charge < -0.3 is 4.90 Å². The monoisotopic (exact) mass is 391 g/mol. The molecule has 1 atom stereocenters. The number of rotatable bonds is 4. The number of nitrogens with zero attached hydrogens (tertiary/aromatic N) is 3. The molecule has 1 aliphatic carbocycles. The van der Waals surface area contributed by atoms with E-state index in [1.54, 1.807) is 11.3 Å². The first-order valence-electron chi connectivity index (χ1n) is 7.54. The molecule has 1 unspecified atom stereocenters. The summed E-state index contributed by atoms with van der Waals surface area (Å²) in [5, 5.41) is 2.03. The lowest BCUT2D eigenvalue weighted by Crippen LogP contribution is -2.42. The van der Waals surface area contributed by atoms with Crippen molar-refractivity contribution in [1.29, 1.82) is 0 Å². The molecule has 0 bridgehead atoms. The zero-order valence-corrected chi connectivity index (χ0v) is 15.4. The standard InChI is InChI=1S/C17H18BrN3OS/c1-3-17(22)21(10-16-14(18)6-7-23-16)13-4-5-15-12(8-13)9-19-11(2)20-15/h3,6-7,9,13H,1,4-5,8,10H2,2H3. The molecule has 0 radical (unpaired) electrons. The van der Waals surface area contributed by atoms with Crippen LogP contribution in [0.5, 0.6) is 0 Å². The van der Waals surface area contributed by atoms with E-state index in [1.165, 1.54) is 6.08 Å². The van der Waals surface area contributed by atoms with Gasteiger partial charge in [0.1, 0.15) is 5.82 Å². The van der Waals surface area contributed by atoms with Crippen LogP contribution >= 0.6 is 27.3 Å². The normalized spacial score (nSPS) is 16.7. The Labute approximate surface area is 148 Å². The van der Waals surface area contributed by atoms with Crippen molar-refractivity contribution in [3.63, 3.8) is 0 Å². The number of aromatic nitrogens is 2. The molecule has 0 spiro atoms. The predicted molar refractivity (Wildman–Crippen MR) is 95.3 cm³/mol. The van der Waals surface area contributed by atoms with Gasteiger partial charge in [-0.25, -0.2) is 9.97 Å². The first kappa shape index (κ1) is 16.3. The lowest BCUT2D eigenvalue weighted by atomic mass is 9.91. The van der Waals surface area contributed by atoms with Crippen molar-refractivity contribution in [2.24, 2.45) is 0 Å². The van der Waals surface area contributed by atoms with Gasteiger partial charge in [0.05, 0.1) is 6.54 Å². The summed E-state index contributed by atoms with van der Waals surface area (Å²) in [5.41, 5.74) is 2.27. The predicted octanol–water partition coefficient (Wildman–Crippen LogP) is 3.68. The van der Waals surface area contributed by atoms with Crippen molar-refractivity contribution in [2.45, 2.75) is 38.8 Å². The number of hydrogen-bond donors (Lipinski definition) is 0. The molecule has 0 N–H and O–H groups in total. The topological polar surface area (TPSA) is 46.1 Å². The van der Waals surface area contributed by atoms with Crippen LogP contribution in [0.1, 0.15) is 28.4 Å². The number of fused-ring (bicyclic) bond motifs is 1. The largest absolute Gasteiger partial charge is 0.331 e. The van der Waals surface area contributed by atoms with Crippen molar-refractivity contribution in [1.82, 2.24) is 14.9 Å². The van der Waals surface area contributed by atoms with Gasteiger partial charge in [-0.05, 0) is 65.2 Å². The first-order chi connectivity index (χ1) is 11.1. The van der Waals surface area contributed by atoms with Crippen molar-refractivity contribution >= 4 is 33.2 Å². The molecule has 4 nitrogen and oxygen atoms in total. The molecule has 2 aromatic rings. The molecule has 2 heterocycles. The third kappa shape index (κ3) is 3.53. The van der Waals surface area contributed by atoms with Gasteiger partial charge in [-0.3, -0.25) is 4.79 Å². The van der Waals surface area contributed by atoms with E-state index >= 15 is 0 Å². The molecule has 120 valence electrons. The quantitative estimate of drug-likeness (QED) is 0.746. The maximum absolute atomic E-state index is 12.4. The summed E-state index contributed by atoms with van der Waals surface area (Å²) in [6.07, 6.45) is 5.92. The Morgan fingerprint density at radius 3 is 3.13 bits per heavy atom. The van der Waals surface area contributed by atoms with E-state index < -0.39 is 0 Å². The molecular formula is C17H18BrN3OS. The molecule has 6 heteroatoms. The molecule has 0 saturated heterocycles. The molecule has 1 aliphatic rings. The number of aryl methyl sites for hydroxylation is 2. The number of carbonyl (C=O) groups is 1. The maximum Gasteiger partial charge on any atom is 0.246 e. The molecule has 1 amide bonds. The van der Waals surface area contributed by atoms with E-state index in [0.717, 1.165) is 45.7 Å². The van der Waals surface area contributed by atoms with Crippen LogP contribution in [0.3, 0.4) is 0 Å². The van der Waals surface area contributed by atoms with Crippen LogP contribution in [0.2, 0.25) is 0 Å². The Kier molecular flexibility index (Phi) is 4.92. The molecule has 2 aromatic heterocycles. The molecule has 0 saturated carbocycles. The van der Waals surface area contributed by atoms with Crippen LogP contribution < -0.4 is 0 Å². The van der Waals surface area contributed by atoms with Crippen LogP contribution in [-0.4, -0.2) is 26.8 Å². The number of hydrogen-bond acceptors (Lipinski definition) is 4. The minimum atomic E-state index is -0.0215. The van der Waals surface area contributed by atoms with Crippen LogP contribution in [0, 0.1) is 6.92 Å². The Morgan fingerprint density at radius 2 is 2.43 bits per heavy atom. The van der Waals surface area contributed by atoms with Gasteiger partial charge in [-0.15, -0.1) is 11.3 Å². The lowest BCUT2D eigenvalue weighted by molar-refractivity contribution is -0.129. The van der Waals surface area contributed by atoms with Gasteiger partial charge in [0.15, 0.2) is 0 Å². The third-order valence-corrected chi connectivity index (χ3v) is 6.06. The summed E-state index contributed by atoms with van der Waals surface area (Å²) < 4.78 is 1.06. The van der Waals surface area contributed by atoms with Gasteiger partial charge in [0.25, 0.3) is 0 Å². The van der Waals surface area contributed by atoms with E-state index in [4.69, 9.17) is 0 Å². The Bertz CT molecular complexity index is 743. The van der Waals surface area contributed by atoms with Crippen LogP contribution in [0.4, 0.5) is 0 Å². The van der Waals surface area contributed by atoms with Crippen molar-refractivity contribution in [2.75, 3.05) is 0 Å². The van der Waals surface area contributed by atoms with Crippen LogP contribution in [-0.2, 0) is 24.2 Å². The average molecular weight is 392 g/mol. The summed E-state index contributed by atoms with van der Waals surface area (Å²) in [6.45, 7) is 6.18.